The Hall–Kier alpha value is -2.90. The van der Waals surface area contributed by atoms with Crippen LogP contribution >= 0.6 is 0 Å². The number of rotatable bonds is 4. The molecule has 0 heterocycles. The highest BCUT2D eigenvalue weighted by Crippen LogP contribution is 2.24. The number of alkyl halides is 3. The molecule has 23 heavy (non-hydrogen) atoms. The number of hydrogen-bond acceptors (Lipinski definition) is 4. The van der Waals surface area contributed by atoms with Gasteiger partial charge in [0.15, 0.2) is 0 Å². The van der Waals surface area contributed by atoms with E-state index < -0.39 is 17.0 Å². The summed E-state index contributed by atoms with van der Waals surface area (Å²) < 4.78 is 43.6. The van der Waals surface area contributed by atoms with Crippen molar-refractivity contribution in [3.63, 3.8) is 0 Å². The van der Waals surface area contributed by atoms with Crippen LogP contribution in [-0.2, 0) is 11.3 Å². The third kappa shape index (κ3) is 4.80. The first-order valence-corrected chi connectivity index (χ1v) is 6.43. The van der Waals surface area contributed by atoms with Crippen LogP contribution in [0.25, 0.3) is 0 Å². The molecule has 0 unspecified atom stereocenters. The number of hydrogen-bond donors (Lipinski definition) is 0. The topological polar surface area (TPSA) is 64.7 Å². The van der Waals surface area contributed by atoms with E-state index in [0.29, 0.717) is 5.56 Å². The Morgan fingerprint density at radius 1 is 1.09 bits per heavy atom. The maximum atomic E-state index is 13.0. The molecule has 0 spiro atoms. The van der Waals surface area contributed by atoms with E-state index in [0.717, 1.165) is 24.3 Å². The fourth-order valence-corrected chi connectivity index (χ4v) is 1.67. The Bertz CT molecular complexity index is 698. The summed E-state index contributed by atoms with van der Waals surface area (Å²) in [5.41, 5.74) is 0.242. The van der Waals surface area contributed by atoms with Crippen molar-refractivity contribution >= 4 is 17.3 Å². The highest BCUT2D eigenvalue weighted by Gasteiger charge is 2.38. The average molecular weight is 324 g/mol. The molecule has 2 aromatic carbocycles. The fraction of sp³-hybridized carbons (Fsp3) is 0.133. The van der Waals surface area contributed by atoms with Gasteiger partial charge in [0.2, 0.25) is 0 Å². The summed E-state index contributed by atoms with van der Waals surface area (Å²) in [6.07, 6.45) is -4.77. The molecule has 0 aliphatic rings. The van der Waals surface area contributed by atoms with Gasteiger partial charge in [0.25, 0.3) is 11.6 Å². The quantitative estimate of drug-likeness (QED) is 0.362. The highest BCUT2D eigenvalue weighted by molar-refractivity contribution is 5.84. The average Bonchev–Trinajstić information content (AvgIpc) is 2.51. The van der Waals surface area contributed by atoms with E-state index in [4.69, 9.17) is 4.74 Å². The Morgan fingerprint density at radius 2 is 1.70 bits per heavy atom. The lowest BCUT2D eigenvalue weighted by Gasteiger charge is -2.12. The Morgan fingerprint density at radius 3 is 2.22 bits per heavy atom. The minimum Gasteiger partial charge on any atom is -0.469 e. The van der Waals surface area contributed by atoms with Gasteiger partial charge >= 0.3 is 6.18 Å². The monoisotopic (exact) mass is 324 g/mol. The van der Waals surface area contributed by atoms with Crippen LogP contribution in [-0.4, -0.2) is 17.0 Å². The molecular weight excluding hydrogens is 313 g/mol. The first-order chi connectivity index (χ1) is 10.9. The lowest BCUT2D eigenvalue weighted by Crippen LogP contribution is -2.25. The van der Waals surface area contributed by atoms with E-state index >= 15 is 0 Å². The first kappa shape index (κ1) is 16.5. The van der Waals surface area contributed by atoms with E-state index in [1.165, 1.54) is 0 Å². The summed E-state index contributed by atoms with van der Waals surface area (Å²) >= 11 is 0. The summed E-state index contributed by atoms with van der Waals surface area (Å²) in [4.78, 5) is 13.3. The van der Waals surface area contributed by atoms with Gasteiger partial charge in [-0.05, 0) is 17.7 Å². The number of nitrogens with zero attached hydrogens (tertiary/aromatic N) is 2. The number of nitro groups is 1. The molecule has 0 N–H and O–H groups in total. The normalized spacial score (nSPS) is 12.0. The molecule has 0 bridgehead atoms. The van der Waals surface area contributed by atoms with Gasteiger partial charge in [-0.25, -0.2) is 4.99 Å². The van der Waals surface area contributed by atoms with Crippen molar-refractivity contribution in [1.29, 1.82) is 0 Å². The second-order valence-corrected chi connectivity index (χ2v) is 4.46. The largest absolute Gasteiger partial charge is 0.469 e. The van der Waals surface area contributed by atoms with Crippen LogP contribution in [0.15, 0.2) is 59.6 Å². The smallest absolute Gasteiger partial charge is 0.468 e. The van der Waals surface area contributed by atoms with Crippen molar-refractivity contribution in [2.24, 2.45) is 4.99 Å². The number of ether oxygens (including phenoxy) is 1. The van der Waals surface area contributed by atoms with E-state index in [2.05, 4.69) is 4.99 Å². The molecule has 0 saturated heterocycles. The second-order valence-electron chi connectivity index (χ2n) is 4.46. The van der Waals surface area contributed by atoms with Crippen LogP contribution in [0.2, 0.25) is 0 Å². The molecule has 5 nitrogen and oxygen atoms in total. The van der Waals surface area contributed by atoms with Crippen LogP contribution in [0.4, 0.5) is 24.5 Å². The van der Waals surface area contributed by atoms with Gasteiger partial charge in [0.05, 0.1) is 10.6 Å². The molecule has 0 atom stereocenters. The maximum absolute atomic E-state index is 13.0. The summed E-state index contributed by atoms with van der Waals surface area (Å²) in [6, 6.07) is 12.7. The number of benzene rings is 2. The van der Waals surface area contributed by atoms with Gasteiger partial charge in [-0.2, -0.15) is 13.2 Å². The lowest BCUT2D eigenvalue weighted by molar-refractivity contribution is -0.384. The van der Waals surface area contributed by atoms with Crippen molar-refractivity contribution < 1.29 is 22.8 Å². The number of halogens is 3. The van der Waals surface area contributed by atoms with E-state index in [1.54, 1.807) is 30.3 Å². The predicted octanol–water partition coefficient (Wildman–Crippen LogP) is 4.40. The van der Waals surface area contributed by atoms with Crippen LogP contribution < -0.4 is 0 Å². The summed E-state index contributed by atoms with van der Waals surface area (Å²) in [6.45, 7) is -0.286. The van der Waals surface area contributed by atoms with E-state index in [1.807, 2.05) is 0 Å². The highest BCUT2D eigenvalue weighted by atomic mass is 19.4. The Balaban J connectivity index is 2.19. The molecular formula is C15H11F3N2O3. The van der Waals surface area contributed by atoms with Crippen LogP contribution in [0.3, 0.4) is 0 Å². The van der Waals surface area contributed by atoms with Crippen molar-refractivity contribution in [2.75, 3.05) is 0 Å². The molecule has 2 aromatic rings. The number of aliphatic imine (C=N–C) groups is 1. The molecule has 0 radical (unpaired) electrons. The molecule has 0 aliphatic carbocycles. The molecule has 0 fully saturated rings. The van der Waals surface area contributed by atoms with Crippen molar-refractivity contribution in [2.45, 2.75) is 12.8 Å². The summed E-state index contributed by atoms with van der Waals surface area (Å²) in [5, 5.41) is 10.5. The second kappa shape index (κ2) is 6.91. The maximum Gasteiger partial charge on any atom is 0.468 e. The standard InChI is InChI=1S/C15H11F3N2O3/c16-15(17,18)14(23-10-11-4-2-1-3-5-11)19-12-6-8-13(9-7-12)20(21)22/h1-9H,10H2. The predicted molar refractivity (Wildman–Crippen MR) is 77.5 cm³/mol. The molecule has 2 rings (SSSR count). The Labute approximate surface area is 129 Å². The van der Waals surface area contributed by atoms with Gasteiger partial charge in [-0.1, -0.05) is 30.3 Å². The SMILES string of the molecule is O=[N+]([O-])c1ccc(N=C(OCc2ccccc2)C(F)(F)F)cc1. The minimum absolute atomic E-state index is 0.0870. The molecule has 0 aliphatic heterocycles. The van der Waals surface area contributed by atoms with Gasteiger partial charge in [-0.3, -0.25) is 10.1 Å². The molecule has 0 saturated carbocycles. The third-order valence-electron chi connectivity index (χ3n) is 2.75. The Kier molecular flexibility index (Phi) is 4.95. The summed E-state index contributed by atoms with van der Waals surface area (Å²) in [5.74, 6) is -1.41. The van der Waals surface area contributed by atoms with Crippen LogP contribution in [0.5, 0.6) is 0 Å². The molecule has 120 valence electrons. The van der Waals surface area contributed by atoms with Gasteiger partial charge in [-0.15, -0.1) is 0 Å². The van der Waals surface area contributed by atoms with E-state index in [9.17, 15) is 23.3 Å². The third-order valence-corrected chi connectivity index (χ3v) is 2.75. The van der Waals surface area contributed by atoms with Crippen molar-refractivity contribution in [3.05, 3.63) is 70.3 Å². The number of nitro benzene ring substituents is 1. The van der Waals surface area contributed by atoms with Gasteiger partial charge < -0.3 is 4.74 Å². The molecule has 0 aromatic heterocycles. The van der Waals surface area contributed by atoms with Crippen molar-refractivity contribution in [3.8, 4) is 0 Å². The minimum atomic E-state index is -4.77. The fourth-order valence-electron chi connectivity index (χ4n) is 1.67. The molecule has 8 heteroatoms. The molecule has 0 amide bonds. The van der Waals surface area contributed by atoms with Gasteiger partial charge in [0.1, 0.15) is 6.61 Å². The lowest BCUT2D eigenvalue weighted by atomic mass is 10.2. The zero-order chi connectivity index (χ0) is 16.9. The zero-order valence-corrected chi connectivity index (χ0v) is 11.7. The van der Waals surface area contributed by atoms with Crippen molar-refractivity contribution in [1.82, 2.24) is 0 Å². The number of non-ortho nitro benzene ring substituents is 1. The summed E-state index contributed by atoms with van der Waals surface area (Å²) in [7, 11) is 0. The first-order valence-electron chi connectivity index (χ1n) is 6.43. The van der Waals surface area contributed by atoms with Crippen LogP contribution in [0.1, 0.15) is 5.56 Å². The van der Waals surface area contributed by atoms with Crippen LogP contribution in [0, 0.1) is 10.1 Å². The zero-order valence-electron chi connectivity index (χ0n) is 11.7. The van der Waals surface area contributed by atoms with E-state index in [-0.39, 0.29) is 18.0 Å². The van der Waals surface area contributed by atoms with Gasteiger partial charge in [0, 0.05) is 12.1 Å².